The number of aliphatic hydroxyl groups is 1. The molecule has 0 radical (unpaired) electrons. The zero-order valence-corrected chi connectivity index (χ0v) is 12.0. The molecule has 4 aliphatic rings. The van der Waals surface area contributed by atoms with Gasteiger partial charge in [-0.05, 0) is 74.0 Å². The first-order valence-corrected chi connectivity index (χ1v) is 8.24. The van der Waals surface area contributed by atoms with Crippen molar-refractivity contribution in [3.63, 3.8) is 0 Å². The van der Waals surface area contributed by atoms with Gasteiger partial charge in [-0.2, -0.15) is 0 Å². The molecule has 2 fully saturated rings. The lowest BCUT2D eigenvalue weighted by atomic mass is 9.52. The summed E-state index contributed by atoms with van der Waals surface area (Å²) in [4.78, 5) is 0. The summed E-state index contributed by atoms with van der Waals surface area (Å²) in [5.41, 5.74) is 2.12. The highest BCUT2D eigenvalue weighted by atomic mass is 16.3. The molecule has 0 amide bonds. The Balaban J connectivity index is 1.62. The topological polar surface area (TPSA) is 20.2 Å². The molecule has 0 aromatic heterocycles. The zero-order chi connectivity index (χ0) is 13.0. The normalized spacial score (nSPS) is 52.1. The molecule has 0 bridgehead atoms. The number of fused-ring (bicyclic) bond motifs is 5. The summed E-state index contributed by atoms with van der Waals surface area (Å²) in [7, 11) is 0. The smallest absolute Gasteiger partial charge is 0.0723 e. The van der Waals surface area contributed by atoms with Crippen molar-refractivity contribution in [1.82, 2.24) is 0 Å². The van der Waals surface area contributed by atoms with E-state index in [2.05, 4.69) is 25.2 Å². The SMILES string of the molecule is C[C@@]12C=CC[C@H]1[C@@H]1CCC3=C[C@H](O)CC[C@@H]3[C@H]1CC2. The van der Waals surface area contributed by atoms with Crippen molar-refractivity contribution in [3.8, 4) is 0 Å². The van der Waals surface area contributed by atoms with Gasteiger partial charge in [-0.15, -0.1) is 0 Å². The van der Waals surface area contributed by atoms with Gasteiger partial charge in [0.05, 0.1) is 6.10 Å². The van der Waals surface area contributed by atoms with Crippen molar-refractivity contribution < 1.29 is 5.11 Å². The highest BCUT2D eigenvalue weighted by Crippen LogP contribution is 2.59. The molecule has 19 heavy (non-hydrogen) atoms. The molecule has 1 N–H and O–H groups in total. The second kappa shape index (κ2) is 4.22. The summed E-state index contributed by atoms with van der Waals surface area (Å²) < 4.78 is 0. The first-order chi connectivity index (χ1) is 9.17. The molecule has 104 valence electrons. The van der Waals surface area contributed by atoms with Gasteiger partial charge < -0.3 is 5.11 Å². The molecule has 0 saturated heterocycles. The lowest BCUT2D eigenvalue weighted by Crippen LogP contribution is -2.44. The maximum absolute atomic E-state index is 9.85. The zero-order valence-electron chi connectivity index (χ0n) is 12.0. The molecule has 1 heteroatoms. The Morgan fingerprint density at radius 2 is 2.05 bits per heavy atom. The molecule has 0 heterocycles. The minimum absolute atomic E-state index is 0.148. The van der Waals surface area contributed by atoms with Gasteiger partial charge in [-0.25, -0.2) is 0 Å². The van der Waals surface area contributed by atoms with Crippen LogP contribution in [0.3, 0.4) is 0 Å². The maximum Gasteiger partial charge on any atom is 0.0723 e. The fraction of sp³-hybridized carbons (Fsp3) is 0.778. The molecule has 0 aromatic carbocycles. The van der Waals surface area contributed by atoms with Crippen molar-refractivity contribution in [2.45, 2.75) is 58.0 Å². The van der Waals surface area contributed by atoms with E-state index in [0.29, 0.717) is 5.41 Å². The standard InChI is InChI=1S/C18H26O/c1-18-9-2-3-17(18)16-6-4-12-11-13(19)5-7-14(12)15(16)8-10-18/h2,9,11,13-17,19H,3-8,10H2,1H3/t13-,14+,15-,16-,17+,18+/m1/s1. The third kappa shape index (κ3) is 1.77. The molecule has 0 spiro atoms. The molecular formula is C18H26O. The quantitative estimate of drug-likeness (QED) is 0.649. The van der Waals surface area contributed by atoms with Gasteiger partial charge >= 0.3 is 0 Å². The van der Waals surface area contributed by atoms with Crippen LogP contribution in [0.5, 0.6) is 0 Å². The minimum atomic E-state index is -0.148. The Labute approximate surface area is 116 Å². The number of hydrogen-bond donors (Lipinski definition) is 1. The van der Waals surface area contributed by atoms with Crippen LogP contribution in [0.4, 0.5) is 0 Å². The summed E-state index contributed by atoms with van der Waals surface area (Å²) in [6, 6.07) is 0. The van der Waals surface area contributed by atoms with Gasteiger partial charge in [-0.3, -0.25) is 0 Å². The molecule has 4 aliphatic carbocycles. The third-order valence-corrected chi connectivity index (χ3v) is 6.76. The Kier molecular flexibility index (Phi) is 2.71. The number of allylic oxidation sites excluding steroid dienone is 3. The Morgan fingerprint density at radius 3 is 2.95 bits per heavy atom. The summed E-state index contributed by atoms with van der Waals surface area (Å²) in [5, 5.41) is 9.85. The molecule has 4 rings (SSSR count). The van der Waals surface area contributed by atoms with Crippen LogP contribution in [0, 0.1) is 29.1 Å². The van der Waals surface area contributed by atoms with E-state index >= 15 is 0 Å². The molecule has 2 saturated carbocycles. The van der Waals surface area contributed by atoms with Crippen molar-refractivity contribution in [1.29, 1.82) is 0 Å². The summed E-state index contributed by atoms with van der Waals surface area (Å²) >= 11 is 0. The van der Waals surface area contributed by atoms with Crippen LogP contribution in [0.2, 0.25) is 0 Å². The predicted octanol–water partition coefficient (Wildman–Crippen LogP) is 4.09. The monoisotopic (exact) mass is 258 g/mol. The lowest BCUT2D eigenvalue weighted by Gasteiger charge is -2.52. The van der Waals surface area contributed by atoms with Gasteiger partial charge in [0.1, 0.15) is 0 Å². The van der Waals surface area contributed by atoms with Crippen molar-refractivity contribution in [3.05, 3.63) is 23.8 Å². The fourth-order valence-corrected chi connectivity index (χ4v) is 5.80. The van der Waals surface area contributed by atoms with E-state index in [1.165, 1.54) is 38.5 Å². The van der Waals surface area contributed by atoms with Crippen LogP contribution in [0.1, 0.15) is 51.9 Å². The number of rotatable bonds is 0. The fourth-order valence-electron chi connectivity index (χ4n) is 5.80. The summed E-state index contributed by atoms with van der Waals surface area (Å²) in [5.74, 6) is 3.60. The van der Waals surface area contributed by atoms with E-state index in [9.17, 15) is 5.11 Å². The van der Waals surface area contributed by atoms with Crippen LogP contribution < -0.4 is 0 Å². The summed E-state index contributed by atoms with van der Waals surface area (Å²) in [6.45, 7) is 2.49. The van der Waals surface area contributed by atoms with Gasteiger partial charge in [0.25, 0.3) is 0 Å². The second-order valence-electron chi connectivity index (χ2n) is 7.65. The Bertz CT molecular complexity index is 435. The first-order valence-electron chi connectivity index (χ1n) is 8.24. The van der Waals surface area contributed by atoms with Crippen molar-refractivity contribution in [2.75, 3.05) is 0 Å². The average molecular weight is 258 g/mol. The van der Waals surface area contributed by atoms with Crippen LogP contribution in [0.15, 0.2) is 23.8 Å². The summed E-state index contributed by atoms with van der Waals surface area (Å²) in [6.07, 6.45) is 16.0. The number of aliphatic hydroxyl groups excluding tert-OH is 1. The highest BCUT2D eigenvalue weighted by molar-refractivity contribution is 5.22. The van der Waals surface area contributed by atoms with Crippen LogP contribution >= 0.6 is 0 Å². The van der Waals surface area contributed by atoms with Crippen LogP contribution in [0.25, 0.3) is 0 Å². The minimum Gasteiger partial charge on any atom is -0.389 e. The molecule has 1 nitrogen and oxygen atoms in total. The molecule has 0 unspecified atom stereocenters. The van der Waals surface area contributed by atoms with E-state index in [4.69, 9.17) is 0 Å². The van der Waals surface area contributed by atoms with E-state index < -0.39 is 0 Å². The largest absolute Gasteiger partial charge is 0.389 e. The predicted molar refractivity (Wildman–Crippen MR) is 77.6 cm³/mol. The van der Waals surface area contributed by atoms with E-state index in [1.54, 1.807) is 5.57 Å². The van der Waals surface area contributed by atoms with Gasteiger partial charge in [0, 0.05) is 0 Å². The Morgan fingerprint density at radius 1 is 1.16 bits per heavy atom. The molecule has 0 aromatic rings. The molecule has 6 atom stereocenters. The molecule has 0 aliphatic heterocycles. The van der Waals surface area contributed by atoms with E-state index in [1.807, 2.05) is 0 Å². The third-order valence-electron chi connectivity index (χ3n) is 6.76. The highest BCUT2D eigenvalue weighted by Gasteiger charge is 2.50. The average Bonchev–Trinajstić information content (AvgIpc) is 2.79. The van der Waals surface area contributed by atoms with Crippen molar-refractivity contribution >= 4 is 0 Å². The van der Waals surface area contributed by atoms with E-state index in [-0.39, 0.29) is 6.10 Å². The Hall–Kier alpha value is -0.560. The van der Waals surface area contributed by atoms with Gasteiger partial charge in [0.2, 0.25) is 0 Å². The van der Waals surface area contributed by atoms with Crippen LogP contribution in [-0.4, -0.2) is 11.2 Å². The van der Waals surface area contributed by atoms with Crippen molar-refractivity contribution in [2.24, 2.45) is 29.1 Å². The second-order valence-corrected chi connectivity index (χ2v) is 7.65. The maximum atomic E-state index is 9.85. The van der Waals surface area contributed by atoms with Crippen LogP contribution in [-0.2, 0) is 0 Å². The van der Waals surface area contributed by atoms with E-state index in [0.717, 1.165) is 30.1 Å². The first kappa shape index (κ1) is 12.2. The number of hydrogen-bond acceptors (Lipinski definition) is 1. The van der Waals surface area contributed by atoms with Gasteiger partial charge in [0.15, 0.2) is 0 Å². The molecular weight excluding hydrogens is 232 g/mol. The lowest BCUT2D eigenvalue weighted by molar-refractivity contribution is 0.00901. The van der Waals surface area contributed by atoms with Gasteiger partial charge in [-0.1, -0.05) is 30.7 Å².